The van der Waals surface area contributed by atoms with Gasteiger partial charge in [0, 0.05) is 74.6 Å². The van der Waals surface area contributed by atoms with Crippen molar-refractivity contribution in [3.8, 4) is 0 Å². The molecule has 69 heavy (non-hydrogen) atoms. The Morgan fingerprint density at radius 2 is 0.290 bits per heavy atom. The van der Waals surface area contributed by atoms with E-state index >= 15 is 0 Å². The second kappa shape index (κ2) is 66.6. The quantitative estimate of drug-likeness (QED) is 0.0569. The molecule has 0 rings (SSSR count). The number of hydrogen-bond acceptors (Lipinski definition) is 4. The van der Waals surface area contributed by atoms with Crippen LogP contribution in [0.1, 0.15) is 316 Å². The number of rotatable bonds is 48. The molecule has 0 N–H and O–H groups in total. The minimum Gasteiger partial charge on any atom is -0.381 e. The van der Waals surface area contributed by atoms with Crippen LogP contribution in [0.4, 0.5) is 0 Å². The molecule has 0 fully saturated rings. The fourth-order valence-electron chi connectivity index (χ4n) is 8.79. The van der Waals surface area contributed by atoms with Crippen molar-refractivity contribution in [3.05, 3.63) is 0 Å². The Bertz CT molecular complexity index is 657. The zero-order valence-electron chi connectivity index (χ0n) is 51.0. The summed E-state index contributed by atoms with van der Waals surface area (Å²) >= 11 is 0. The maximum Gasteiger partial charge on any atom is 0.0494 e. The van der Waals surface area contributed by atoms with Gasteiger partial charge in [0.2, 0.25) is 0 Å². The van der Waals surface area contributed by atoms with Gasteiger partial charge in [-0.05, 0) is 98.7 Å². The third kappa shape index (κ3) is 57.7. The summed E-state index contributed by atoms with van der Waals surface area (Å²) in [6, 6.07) is 0. The van der Waals surface area contributed by atoms with E-state index in [4.69, 9.17) is 18.9 Å². The molecule has 0 aromatic carbocycles. The van der Waals surface area contributed by atoms with Crippen molar-refractivity contribution in [1.29, 1.82) is 0 Å². The van der Waals surface area contributed by atoms with Gasteiger partial charge in [-0.15, -0.1) is 0 Å². The average molecular weight is 1020 g/mol. The molecule has 0 saturated heterocycles. The number of unbranched alkanes of at least 4 members (excludes halogenated alkanes) is 8. The van der Waals surface area contributed by atoms with Gasteiger partial charge in [-0.3, -0.25) is 0 Å². The smallest absolute Gasteiger partial charge is 0.0494 e. The van der Waals surface area contributed by atoms with Crippen LogP contribution in [0.5, 0.6) is 0 Å². The summed E-state index contributed by atoms with van der Waals surface area (Å²) in [6.07, 6.45) is 42.3. The Hall–Kier alpha value is 0.554. The van der Waals surface area contributed by atoms with Gasteiger partial charge in [-0.1, -0.05) is 265 Å². The maximum absolute atomic E-state index is 5.93. The molecule has 0 amide bonds. The normalized spacial score (nSPS) is 14.6. The van der Waals surface area contributed by atoms with Crippen molar-refractivity contribution in [3.63, 3.8) is 0 Å². The van der Waals surface area contributed by atoms with E-state index in [1.54, 1.807) is 0 Å². The Morgan fingerprint density at radius 1 is 0.188 bits per heavy atom. The van der Waals surface area contributed by atoms with Gasteiger partial charge >= 0.3 is 0 Å². The first-order valence-corrected chi connectivity index (χ1v) is 31.4. The molecule has 420 valence electrons. The van der Waals surface area contributed by atoms with Crippen molar-refractivity contribution < 1.29 is 40.7 Å². The largest absolute Gasteiger partial charge is 0.381 e. The molecular formula is C64H136O4Ti. The van der Waals surface area contributed by atoms with E-state index in [-0.39, 0.29) is 21.7 Å². The zero-order chi connectivity index (χ0) is 51.7. The second-order valence-corrected chi connectivity index (χ2v) is 21.5. The Morgan fingerprint density at radius 3 is 0.362 bits per heavy atom. The molecule has 0 heterocycles. The van der Waals surface area contributed by atoms with Crippen LogP contribution in [-0.2, 0) is 40.7 Å². The van der Waals surface area contributed by atoms with Gasteiger partial charge in [0.1, 0.15) is 0 Å². The van der Waals surface area contributed by atoms with Crippen molar-refractivity contribution in [2.45, 2.75) is 316 Å². The van der Waals surface area contributed by atoms with E-state index in [1.807, 2.05) is 0 Å². The van der Waals surface area contributed by atoms with Gasteiger partial charge in [0.15, 0.2) is 0 Å². The molecule has 0 aromatic heterocycles. The summed E-state index contributed by atoms with van der Waals surface area (Å²) in [6.45, 7) is 44.4. The first-order chi connectivity index (χ1) is 33.1. The molecule has 8 atom stereocenters. The summed E-state index contributed by atoms with van der Waals surface area (Å²) < 4.78 is 23.7. The standard InChI is InChI=1S/4C16H34O.Ti/c4*1-5-9-11-15(7-3)13-17-14-16(8-4)12-10-6-2;/h4*15-16H,5-14H2,1-4H3;. The minimum atomic E-state index is 0. The summed E-state index contributed by atoms with van der Waals surface area (Å²) in [4.78, 5) is 0. The predicted molar refractivity (Wildman–Crippen MR) is 310 cm³/mol. The predicted octanol–water partition coefficient (Wildman–Crippen LogP) is 21.7. The van der Waals surface area contributed by atoms with Crippen LogP contribution >= 0.6 is 0 Å². The fraction of sp³-hybridized carbons (Fsp3) is 1.00. The van der Waals surface area contributed by atoms with Crippen LogP contribution in [-0.4, -0.2) is 52.9 Å². The first-order valence-electron chi connectivity index (χ1n) is 31.4. The van der Waals surface area contributed by atoms with Crippen LogP contribution in [0.2, 0.25) is 0 Å². The Balaban J connectivity index is -0.000000263. The first kappa shape index (κ1) is 78.4. The molecule has 5 heteroatoms. The maximum atomic E-state index is 5.93. The Labute approximate surface area is 454 Å². The Kier molecular flexibility index (Phi) is 75.7. The van der Waals surface area contributed by atoms with Crippen LogP contribution in [0, 0.1) is 47.3 Å². The van der Waals surface area contributed by atoms with E-state index < -0.39 is 0 Å². The van der Waals surface area contributed by atoms with E-state index in [0.717, 1.165) is 100 Å². The van der Waals surface area contributed by atoms with Crippen LogP contribution < -0.4 is 0 Å². The second-order valence-electron chi connectivity index (χ2n) is 21.5. The van der Waals surface area contributed by atoms with E-state index in [9.17, 15) is 0 Å². The van der Waals surface area contributed by atoms with Gasteiger partial charge < -0.3 is 18.9 Å². The summed E-state index contributed by atoms with van der Waals surface area (Å²) in [5, 5.41) is 0. The molecule has 0 aliphatic heterocycles. The number of hydrogen-bond donors (Lipinski definition) is 0. The SMILES string of the molecule is CCCCC(CC)COCC(CC)CCCC.CCCCC(CC)COCC(CC)CCCC.CCCCC(CC)COCC(CC)CCCC.CCCCC(CC)COCC(CC)CCCC.[Ti]. The topological polar surface area (TPSA) is 36.9 Å². The van der Waals surface area contributed by atoms with Crippen LogP contribution in [0.3, 0.4) is 0 Å². The zero-order valence-corrected chi connectivity index (χ0v) is 52.6. The molecule has 0 bridgehead atoms. The summed E-state index contributed by atoms with van der Waals surface area (Å²) in [5.41, 5.74) is 0. The molecule has 0 radical (unpaired) electrons. The minimum absolute atomic E-state index is 0. The molecule has 0 aromatic rings. The molecule has 0 spiro atoms. The third-order valence-corrected chi connectivity index (χ3v) is 15.2. The number of ether oxygens (including phenoxy) is 4. The van der Waals surface area contributed by atoms with Gasteiger partial charge in [-0.25, -0.2) is 0 Å². The van der Waals surface area contributed by atoms with E-state index in [2.05, 4.69) is 111 Å². The molecule has 0 aliphatic carbocycles. The van der Waals surface area contributed by atoms with Gasteiger partial charge in [-0.2, -0.15) is 0 Å². The molecule has 8 unspecified atom stereocenters. The van der Waals surface area contributed by atoms with Crippen molar-refractivity contribution in [2.75, 3.05) is 52.9 Å². The van der Waals surface area contributed by atoms with Crippen LogP contribution in [0.25, 0.3) is 0 Å². The molecular weight excluding hydrogens is 881 g/mol. The molecule has 4 nitrogen and oxygen atoms in total. The van der Waals surface area contributed by atoms with E-state index in [1.165, 1.54) is 205 Å². The molecule has 0 aliphatic rings. The third-order valence-electron chi connectivity index (χ3n) is 15.2. The van der Waals surface area contributed by atoms with Gasteiger partial charge in [0.05, 0.1) is 0 Å². The van der Waals surface area contributed by atoms with Crippen LogP contribution in [0.15, 0.2) is 0 Å². The summed E-state index contributed by atoms with van der Waals surface area (Å²) in [5.74, 6) is 6.32. The van der Waals surface area contributed by atoms with Crippen molar-refractivity contribution >= 4 is 0 Å². The molecule has 0 saturated carbocycles. The monoisotopic (exact) mass is 1020 g/mol. The average Bonchev–Trinajstić information content (AvgIpc) is 3.37. The van der Waals surface area contributed by atoms with E-state index in [0.29, 0.717) is 0 Å². The summed E-state index contributed by atoms with van der Waals surface area (Å²) in [7, 11) is 0. The van der Waals surface area contributed by atoms with Crippen molar-refractivity contribution in [2.24, 2.45) is 47.3 Å². The van der Waals surface area contributed by atoms with Gasteiger partial charge in [0.25, 0.3) is 0 Å². The fourth-order valence-corrected chi connectivity index (χ4v) is 8.79. The van der Waals surface area contributed by atoms with Crippen molar-refractivity contribution in [1.82, 2.24) is 0 Å².